The van der Waals surface area contributed by atoms with Gasteiger partial charge in [0.2, 0.25) is 0 Å². The van der Waals surface area contributed by atoms with E-state index in [-0.39, 0.29) is 12.7 Å². The summed E-state index contributed by atoms with van der Waals surface area (Å²) in [5, 5.41) is 9.14. The normalized spacial score (nSPS) is 20.6. The molecule has 1 saturated heterocycles. The zero-order valence-electron chi connectivity index (χ0n) is 10.2. The summed E-state index contributed by atoms with van der Waals surface area (Å²) in [5.74, 6) is 0. The van der Waals surface area contributed by atoms with Gasteiger partial charge in [0.05, 0.1) is 19.3 Å². The maximum atomic E-state index is 9.14. The summed E-state index contributed by atoms with van der Waals surface area (Å²) in [6, 6.07) is 6.29. The Balaban J connectivity index is 2.16. The average molecular weight is 236 g/mol. The number of benzene rings is 1. The first kappa shape index (κ1) is 12.4. The van der Waals surface area contributed by atoms with Crippen molar-refractivity contribution in [2.75, 3.05) is 31.2 Å². The number of rotatable bonds is 3. The van der Waals surface area contributed by atoms with E-state index in [1.165, 1.54) is 11.3 Å². The fraction of sp³-hybridized carbons (Fsp3) is 0.538. The second kappa shape index (κ2) is 5.49. The Morgan fingerprint density at radius 1 is 1.53 bits per heavy atom. The highest BCUT2D eigenvalue weighted by atomic mass is 16.5. The number of nitrogens with two attached hydrogens (primary N) is 1. The second-order valence-corrected chi connectivity index (χ2v) is 4.45. The molecule has 1 aromatic rings. The molecule has 1 aromatic carbocycles. The van der Waals surface area contributed by atoms with Crippen LogP contribution in [0.25, 0.3) is 0 Å². The Hall–Kier alpha value is -1.10. The van der Waals surface area contributed by atoms with Gasteiger partial charge in [0, 0.05) is 25.3 Å². The third-order valence-electron chi connectivity index (χ3n) is 3.18. The van der Waals surface area contributed by atoms with Gasteiger partial charge < -0.3 is 20.5 Å². The lowest BCUT2D eigenvalue weighted by molar-refractivity contribution is 0.00354. The summed E-state index contributed by atoms with van der Waals surface area (Å²) in [5.41, 5.74) is 9.22. The first-order valence-corrected chi connectivity index (χ1v) is 6.01. The van der Waals surface area contributed by atoms with E-state index in [4.69, 9.17) is 15.6 Å². The smallest absolute Gasteiger partial charge is 0.0980 e. The van der Waals surface area contributed by atoms with Crippen LogP contribution in [-0.4, -0.2) is 37.5 Å². The van der Waals surface area contributed by atoms with Gasteiger partial charge >= 0.3 is 0 Å². The number of ether oxygens (including phenoxy) is 1. The van der Waals surface area contributed by atoms with Crippen LogP contribution in [0.5, 0.6) is 0 Å². The van der Waals surface area contributed by atoms with Crippen molar-refractivity contribution in [3.63, 3.8) is 0 Å². The molecule has 0 radical (unpaired) electrons. The maximum absolute atomic E-state index is 9.14. The summed E-state index contributed by atoms with van der Waals surface area (Å²) < 4.78 is 5.45. The van der Waals surface area contributed by atoms with Crippen LogP contribution >= 0.6 is 0 Å². The molecule has 1 heterocycles. The zero-order chi connectivity index (χ0) is 12.3. The Bertz CT molecular complexity index is 382. The van der Waals surface area contributed by atoms with Crippen LogP contribution in [0.1, 0.15) is 11.1 Å². The average Bonchev–Trinajstić information content (AvgIpc) is 2.38. The third-order valence-corrected chi connectivity index (χ3v) is 3.18. The summed E-state index contributed by atoms with van der Waals surface area (Å²) in [7, 11) is 0. The van der Waals surface area contributed by atoms with E-state index >= 15 is 0 Å². The van der Waals surface area contributed by atoms with Crippen molar-refractivity contribution < 1.29 is 9.84 Å². The first-order valence-electron chi connectivity index (χ1n) is 6.01. The SMILES string of the molecule is Cc1cc(CN)ccc1N1CCOC(CO)C1. The lowest BCUT2D eigenvalue weighted by atomic mass is 10.1. The molecule has 0 bridgehead atoms. The summed E-state index contributed by atoms with van der Waals surface area (Å²) in [6.45, 7) is 5.04. The standard InChI is InChI=1S/C13H20N2O2/c1-10-6-11(7-14)2-3-13(10)15-4-5-17-12(8-15)9-16/h2-3,6,12,16H,4-5,7-9,14H2,1H3. The van der Waals surface area contributed by atoms with E-state index in [1.54, 1.807) is 0 Å². The molecule has 0 amide bonds. The monoisotopic (exact) mass is 236 g/mol. The van der Waals surface area contributed by atoms with E-state index in [9.17, 15) is 0 Å². The Kier molecular flexibility index (Phi) is 3.99. The quantitative estimate of drug-likeness (QED) is 0.809. The van der Waals surface area contributed by atoms with Crippen LogP contribution in [0.3, 0.4) is 0 Å². The zero-order valence-corrected chi connectivity index (χ0v) is 10.2. The largest absolute Gasteiger partial charge is 0.394 e. The van der Waals surface area contributed by atoms with Gasteiger partial charge in [-0.05, 0) is 24.1 Å². The van der Waals surface area contributed by atoms with Crippen LogP contribution in [0.4, 0.5) is 5.69 Å². The molecule has 17 heavy (non-hydrogen) atoms. The van der Waals surface area contributed by atoms with Gasteiger partial charge in [-0.2, -0.15) is 0 Å². The van der Waals surface area contributed by atoms with Crippen LogP contribution in [0, 0.1) is 6.92 Å². The van der Waals surface area contributed by atoms with E-state index < -0.39 is 0 Å². The molecule has 4 nitrogen and oxygen atoms in total. The van der Waals surface area contributed by atoms with Gasteiger partial charge in [0.15, 0.2) is 0 Å². The molecule has 4 heteroatoms. The number of nitrogens with zero attached hydrogens (tertiary/aromatic N) is 1. The van der Waals surface area contributed by atoms with Crippen molar-refractivity contribution in [3.05, 3.63) is 29.3 Å². The molecule has 3 N–H and O–H groups in total. The molecule has 1 unspecified atom stereocenters. The number of aliphatic hydroxyl groups excluding tert-OH is 1. The van der Waals surface area contributed by atoms with Crippen molar-refractivity contribution in [2.45, 2.75) is 19.6 Å². The molecule has 0 aliphatic carbocycles. The topological polar surface area (TPSA) is 58.7 Å². The number of aryl methyl sites for hydroxylation is 1. The number of aliphatic hydroxyl groups is 1. The van der Waals surface area contributed by atoms with Crippen molar-refractivity contribution in [2.24, 2.45) is 5.73 Å². The van der Waals surface area contributed by atoms with E-state index in [1.807, 2.05) is 0 Å². The highest BCUT2D eigenvalue weighted by molar-refractivity contribution is 5.54. The Morgan fingerprint density at radius 2 is 2.35 bits per heavy atom. The number of morpholine rings is 1. The minimum absolute atomic E-state index is 0.0719. The summed E-state index contributed by atoms with van der Waals surface area (Å²) in [4.78, 5) is 2.26. The van der Waals surface area contributed by atoms with Gasteiger partial charge in [0.1, 0.15) is 0 Å². The molecule has 94 valence electrons. The predicted octanol–water partition coefficient (Wildman–Crippen LogP) is 0.651. The number of hydrogen-bond donors (Lipinski definition) is 2. The molecular weight excluding hydrogens is 216 g/mol. The minimum Gasteiger partial charge on any atom is -0.394 e. The van der Waals surface area contributed by atoms with Gasteiger partial charge in [-0.1, -0.05) is 12.1 Å². The Labute approximate surface area is 102 Å². The van der Waals surface area contributed by atoms with Crippen molar-refractivity contribution in [1.82, 2.24) is 0 Å². The lowest BCUT2D eigenvalue weighted by Crippen LogP contribution is -2.44. The predicted molar refractivity (Wildman–Crippen MR) is 68.1 cm³/mol. The first-order chi connectivity index (χ1) is 8.24. The summed E-state index contributed by atoms with van der Waals surface area (Å²) in [6.07, 6.45) is -0.0719. The van der Waals surface area contributed by atoms with Gasteiger partial charge in [-0.3, -0.25) is 0 Å². The molecule has 0 saturated carbocycles. The summed E-state index contributed by atoms with van der Waals surface area (Å²) >= 11 is 0. The molecule has 0 spiro atoms. The highest BCUT2D eigenvalue weighted by Crippen LogP contribution is 2.23. The molecular formula is C13H20N2O2. The fourth-order valence-electron chi connectivity index (χ4n) is 2.25. The molecule has 1 fully saturated rings. The highest BCUT2D eigenvalue weighted by Gasteiger charge is 2.20. The minimum atomic E-state index is -0.0719. The fourth-order valence-corrected chi connectivity index (χ4v) is 2.25. The molecule has 1 aliphatic rings. The van der Waals surface area contributed by atoms with E-state index in [0.29, 0.717) is 13.2 Å². The molecule has 2 rings (SSSR count). The van der Waals surface area contributed by atoms with Crippen molar-refractivity contribution in [3.8, 4) is 0 Å². The third kappa shape index (κ3) is 2.77. The van der Waals surface area contributed by atoms with Crippen LogP contribution in [-0.2, 0) is 11.3 Å². The van der Waals surface area contributed by atoms with E-state index in [2.05, 4.69) is 30.0 Å². The van der Waals surface area contributed by atoms with Gasteiger partial charge in [-0.15, -0.1) is 0 Å². The van der Waals surface area contributed by atoms with Crippen LogP contribution in [0.15, 0.2) is 18.2 Å². The van der Waals surface area contributed by atoms with Crippen LogP contribution < -0.4 is 10.6 Å². The second-order valence-electron chi connectivity index (χ2n) is 4.45. The van der Waals surface area contributed by atoms with E-state index in [0.717, 1.165) is 18.7 Å². The van der Waals surface area contributed by atoms with Gasteiger partial charge in [-0.25, -0.2) is 0 Å². The molecule has 0 aromatic heterocycles. The van der Waals surface area contributed by atoms with Crippen molar-refractivity contribution >= 4 is 5.69 Å². The van der Waals surface area contributed by atoms with Crippen molar-refractivity contribution in [1.29, 1.82) is 0 Å². The number of anilines is 1. The number of hydrogen-bond acceptors (Lipinski definition) is 4. The Morgan fingerprint density at radius 3 is 3.00 bits per heavy atom. The lowest BCUT2D eigenvalue weighted by Gasteiger charge is -2.34. The molecule has 1 aliphatic heterocycles. The van der Waals surface area contributed by atoms with Gasteiger partial charge in [0.25, 0.3) is 0 Å². The maximum Gasteiger partial charge on any atom is 0.0980 e. The molecule has 1 atom stereocenters. The van der Waals surface area contributed by atoms with Crippen LogP contribution in [0.2, 0.25) is 0 Å².